The van der Waals surface area contributed by atoms with Crippen molar-refractivity contribution < 1.29 is 15.0 Å². The number of nitrogens with zero attached hydrogens (tertiary/aromatic N) is 1. The first-order chi connectivity index (χ1) is 7.86. The minimum absolute atomic E-state index is 0.0880. The molecule has 1 aromatic rings. The Morgan fingerprint density at radius 3 is 2.59 bits per heavy atom. The van der Waals surface area contributed by atoms with Crippen molar-refractivity contribution in [1.82, 2.24) is 4.90 Å². The van der Waals surface area contributed by atoms with E-state index in [1.165, 1.54) is 4.90 Å². The van der Waals surface area contributed by atoms with Crippen LogP contribution in [0.15, 0.2) is 24.3 Å². The zero-order valence-corrected chi connectivity index (χ0v) is 10.5. The number of benzene rings is 1. The Bertz CT molecular complexity index is 401. The Labute approximate surface area is 101 Å². The van der Waals surface area contributed by atoms with Crippen LogP contribution in [-0.2, 0) is 11.2 Å². The minimum Gasteiger partial charge on any atom is -0.508 e. The molecule has 2 N–H and O–H groups in total. The van der Waals surface area contributed by atoms with E-state index < -0.39 is 5.54 Å². The first kappa shape index (κ1) is 13.5. The molecular formula is C13H19NO3. The van der Waals surface area contributed by atoms with Crippen LogP contribution >= 0.6 is 0 Å². The van der Waals surface area contributed by atoms with Crippen molar-refractivity contribution >= 4 is 5.91 Å². The van der Waals surface area contributed by atoms with Crippen molar-refractivity contribution in [2.75, 3.05) is 13.7 Å². The summed E-state index contributed by atoms with van der Waals surface area (Å²) < 4.78 is 0. The van der Waals surface area contributed by atoms with Crippen molar-refractivity contribution in [1.29, 1.82) is 0 Å². The monoisotopic (exact) mass is 237 g/mol. The highest BCUT2D eigenvalue weighted by Crippen LogP contribution is 2.15. The summed E-state index contributed by atoms with van der Waals surface area (Å²) in [6, 6.07) is 6.62. The summed E-state index contributed by atoms with van der Waals surface area (Å²) in [4.78, 5) is 13.5. The van der Waals surface area contributed by atoms with Crippen LogP contribution in [0, 0.1) is 0 Å². The number of hydrogen-bond acceptors (Lipinski definition) is 3. The second kappa shape index (κ2) is 5.19. The van der Waals surface area contributed by atoms with E-state index in [9.17, 15) is 15.0 Å². The van der Waals surface area contributed by atoms with Crippen molar-refractivity contribution in [3.63, 3.8) is 0 Å². The predicted octanol–water partition coefficient (Wildman–Crippen LogP) is 1.16. The van der Waals surface area contributed by atoms with Crippen molar-refractivity contribution in [2.24, 2.45) is 0 Å². The Kier molecular flexibility index (Phi) is 4.12. The molecule has 0 aliphatic rings. The molecule has 0 bridgehead atoms. The lowest BCUT2D eigenvalue weighted by atomic mass is 10.0. The number of amides is 1. The molecule has 0 atom stereocenters. The van der Waals surface area contributed by atoms with Gasteiger partial charge in [-0.2, -0.15) is 0 Å². The highest BCUT2D eigenvalue weighted by Gasteiger charge is 2.26. The van der Waals surface area contributed by atoms with Gasteiger partial charge in [0.15, 0.2) is 0 Å². The third-order valence-corrected chi connectivity index (χ3v) is 2.93. The average Bonchev–Trinajstić information content (AvgIpc) is 2.28. The first-order valence-electron chi connectivity index (χ1n) is 5.52. The van der Waals surface area contributed by atoms with E-state index in [2.05, 4.69) is 0 Å². The molecule has 0 radical (unpaired) electrons. The lowest BCUT2D eigenvalue weighted by Crippen LogP contribution is -2.48. The molecule has 0 spiro atoms. The van der Waals surface area contributed by atoms with Gasteiger partial charge in [-0.1, -0.05) is 12.1 Å². The van der Waals surface area contributed by atoms with E-state index in [0.717, 1.165) is 5.56 Å². The lowest BCUT2D eigenvalue weighted by molar-refractivity contribution is -0.135. The van der Waals surface area contributed by atoms with Crippen molar-refractivity contribution in [3.8, 4) is 5.75 Å². The molecule has 0 saturated heterocycles. The number of aliphatic hydroxyl groups is 1. The SMILES string of the molecule is CN(C(=O)Cc1cccc(O)c1)C(C)(C)CO. The van der Waals surface area contributed by atoms with Crippen LogP contribution in [0.3, 0.4) is 0 Å². The highest BCUT2D eigenvalue weighted by molar-refractivity contribution is 5.79. The standard InChI is InChI=1S/C13H19NO3/c1-13(2,9-15)14(3)12(17)8-10-5-4-6-11(16)7-10/h4-7,15-16H,8-9H2,1-3H3. The molecule has 0 aliphatic heterocycles. The normalized spacial score (nSPS) is 11.3. The Morgan fingerprint density at radius 1 is 1.41 bits per heavy atom. The zero-order valence-electron chi connectivity index (χ0n) is 10.5. The second-order valence-corrected chi connectivity index (χ2v) is 4.77. The number of phenolic OH excluding ortho intramolecular Hbond substituents is 1. The topological polar surface area (TPSA) is 60.8 Å². The van der Waals surface area contributed by atoms with Crippen molar-refractivity contribution in [2.45, 2.75) is 25.8 Å². The molecule has 4 heteroatoms. The number of phenols is 1. The number of carbonyl (C=O) groups excluding carboxylic acids is 1. The lowest BCUT2D eigenvalue weighted by Gasteiger charge is -2.34. The van der Waals surface area contributed by atoms with E-state index in [0.29, 0.717) is 0 Å². The molecule has 4 nitrogen and oxygen atoms in total. The van der Waals surface area contributed by atoms with Gasteiger partial charge in [0.05, 0.1) is 18.6 Å². The maximum atomic E-state index is 12.0. The van der Waals surface area contributed by atoms with Gasteiger partial charge in [-0.3, -0.25) is 4.79 Å². The van der Waals surface area contributed by atoms with E-state index in [1.54, 1.807) is 45.2 Å². The number of carbonyl (C=O) groups is 1. The molecule has 1 rings (SSSR count). The molecule has 94 valence electrons. The van der Waals surface area contributed by atoms with Gasteiger partial charge < -0.3 is 15.1 Å². The van der Waals surface area contributed by atoms with Gasteiger partial charge in [-0.05, 0) is 31.5 Å². The average molecular weight is 237 g/mol. The van der Waals surface area contributed by atoms with Gasteiger partial charge in [-0.15, -0.1) is 0 Å². The maximum absolute atomic E-state index is 12.0. The van der Waals surface area contributed by atoms with Crippen LogP contribution in [-0.4, -0.2) is 40.2 Å². The van der Waals surface area contributed by atoms with Crippen LogP contribution in [0.4, 0.5) is 0 Å². The Balaban J connectivity index is 2.73. The van der Waals surface area contributed by atoms with Crippen molar-refractivity contribution in [3.05, 3.63) is 29.8 Å². The molecule has 0 unspecified atom stereocenters. The third-order valence-electron chi connectivity index (χ3n) is 2.93. The molecular weight excluding hydrogens is 218 g/mol. The van der Waals surface area contributed by atoms with Gasteiger partial charge in [0.1, 0.15) is 5.75 Å². The number of aromatic hydroxyl groups is 1. The highest BCUT2D eigenvalue weighted by atomic mass is 16.3. The first-order valence-corrected chi connectivity index (χ1v) is 5.52. The predicted molar refractivity (Wildman–Crippen MR) is 65.7 cm³/mol. The van der Waals surface area contributed by atoms with Gasteiger partial charge >= 0.3 is 0 Å². The summed E-state index contributed by atoms with van der Waals surface area (Å²) in [6.45, 7) is 3.51. The minimum atomic E-state index is -0.575. The smallest absolute Gasteiger partial charge is 0.227 e. The van der Waals surface area contributed by atoms with Crippen LogP contribution in [0.5, 0.6) is 5.75 Å². The second-order valence-electron chi connectivity index (χ2n) is 4.77. The summed E-state index contributed by atoms with van der Waals surface area (Å²) in [5.41, 5.74) is 0.184. The Morgan fingerprint density at radius 2 is 2.06 bits per heavy atom. The largest absolute Gasteiger partial charge is 0.508 e. The molecule has 0 saturated carbocycles. The quantitative estimate of drug-likeness (QED) is 0.826. The number of hydrogen-bond donors (Lipinski definition) is 2. The van der Waals surface area contributed by atoms with Gasteiger partial charge in [0.2, 0.25) is 5.91 Å². The molecule has 0 aliphatic carbocycles. The van der Waals surface area contributed by atoms with Crippen LogP contribution < -0.4 is 0 Å². The van der Waals surface area contributed by atoms with Crippen LogP contribution in [0.2, 0.25) is 0 Å². The van der Waals surface area contributed by atoms with Gasteiger partial charge in [0.25, 0.3) is 0 Å². The van der Waals surface area contributed by atoms with Gasteiger partial charge in [0, 0.05) is 7.05 Å². The maximum Gasteiger partial charge on any atom is 0.227 e. The van der Waals surface area contributed by atoms with Crippen LogP contribution in [0.25, 0.3) is 0 Å². The van der Waals surface area contributed by atoms with Crippen LogP contribution in [0.1, 0.15) is 19.4 Å². The summed E-state index contributed by atoms with van der Waals surface area (Å²) in [6.07, 6.45) is 0.217. The number of aliphatic hydroxyl groups excluding tert-OH is 1. The zero-order chi connectivity index (χ0) is 13.1. The Hall–Kier alpha value is -1.55. The molecule has 0 heterocycles. The molecule has 17 heavy (non-hydrogen) atoms. The molecule has 0 fully saturated rings. The third kappa shape index (κ3) is 3.46. The van der Waals surface area contributed by atoms with E-state index in [1.807, 2.05) is 0 Å². The fourth-order valence-electron chi connectivity index (χ4n) is 1.40. The van der Waals surface area contributed by atoms with E-state index in [-0.39, 0.29) is 24.7 Å². The molecule has 1 aromatic carbocycles. The number of likely N-dealkylation sites (N-methyl/N-ethyl adjacent to an activating group) is 1. The van der Waals surface area contributed by atoms with Gasteiger partial charge in [-0.25, -0.2) is 0 Å². The summed E-state index contributed by atoms with van der Waals surface area (Å²) in [5, 5.41) is 18.5. The fourth-order valence-corrected chi connectivity index (χ4v) is 1.40. The fraction of sp³-hybridized carbons (Fsp3) is 0.462. The summed E-state index contributed by atoms with van der Waals surface area (Å²) in [5.74, 6) is 0.0639. The van der Waals surface area contributed by atoms with E-state index in [4.69, 9.17) is 0 Å². The summed E-state index contributed by atoms with van der Waals surface area (Å²) in [7, 11) is 1.67. The molecule has 1 amide bonds. The van der Waals surface area contributed by atoms with E-state index >= 15 is 0 Å². The molecule has 0 aromatic heterocycles. The number of rotatable bonds is 4. The summed E-state index contributed by atoms with van der Waals surface area (Å²) >= 11 is 0.